The van der Waals surface area contributed by atoms with Crippen LogP contribution in [0.15, 0.2) is 42.2 Å². The van der Waals surface area contributed by atoms with E-state index >= 15 is 0 Å². The second-order valence-corrected chi connectivity index (χ2v) is 7.95. The monoisotopic (exact) mass is 403 g/mol. The Morgan fingerprint density at radius 3 is 2.87 bits per heavy atom. The average Bonchev–Trinajstić information content (AvgIpc) is 3.34. The first-order valence-corrected chi connectivity index (χ1v) is 10.5. The second-order valence-electron chi connectivity index (χ2n) is 7.95. The van der Waals surface area contributed by atoms with Crippen molar-refractivity contribution in [1.82, 2.24) is 15.5 Å². The number of nitrogens with zero attached hydrogens (tertiary/aromatic N) is 1. The maximum atomic E-state index is 13.0. The Labute approximate surface area is 175 Å². The minimum atomic E-state index is -0.108. The van der Waals surface area contributed by atoms with Crippen molar-refractivity contribution in [1.29, 1.82) is 0 Å². The Bertz CT molecular complexity index is 1130. The number of allylic oxidation sites excluding steroid dienone is 1. The number of aromatic amines is 1. The third kappa shape index (κ3) is 3.37. The number of hydrogen-bond acceptors (Lipinski definition) is 5. The zero-order valence-electron chi connectivity index (χ0n) is 17.0. The number of carbonyl (C=O) groups excluding carboxylic acids is 1. The van der Waals surface area contributed by atoms with Crippen molar-refractivity contribution in [3.63, 3.8) is 0 Å². The minimum absolute atomic E-state index is 0.108. The van der Waals surface area contributed by atoms with Crippen LogP contribution in [0.2, 0.25) is 0 Å². The molecule has 0 aliphatic carbocycles. The summed E-state index contributed by atoms with van der Waals surface area (Å²) in [7, 11) is 1.67. The lowest BCUT2D eigenvalue weighted by Gasteiger charge is -2.23. The van der Waals surface area contributed by atoms with E-state index < -0.39 is 0 Å². The highest BCUT2D eigenvalue weighted by Crippen LogP contribution is 2.41. The van der Waals surface area contributed by atoms with Crippen LogP contribution in [0.5, 0.6) is 11.5 Å². The van der Waals surface area contributed by atoms with Crippen LogP contribution in [0.4, 0.5) is 0 Å². The van der Waals surface area contributed by atoms with Gasteiger partial charge in [0.1, 0.15) is 11.5 Å². The van der Waals surface area contributed by atoms with Gasteiger partial charge in [-0.05, 0) is 62.9 Å². The van der Waals surface area contributed by atoms with Crippen molar-refractivity contribution < 1.29 is 14.3 Å². The fourth-order valence-electron chi connectivity index (χ4n) is 4.45. The molecule has 0 spiro atoms. The van der Waals surface area contributed by atoms with Crippen LogP contribution < -0.4 is 14.8 Å². The van der Waals surface area contributed by atoms with Crippen molar-refractivity contribution >= 4 is 22.8 Å². The van der Waals surface area contributed by atoms with E-state index in [1.807, 2.05) is 30.3 Å². The molecule has 2 N–H and O–H groups in total. The molecule has 2 aliphatic rings. The van der Waals surface area contributed by atoms with E-state index in [2.05, 4.69) is 15.5 Å². The SMILES string of the molecule is COc1ccc2c(c1CCC1CCNCC1)O/C(=C\c1n[nH]c3ccccc13)C2=O. The second kappa shape index (κ2) is 7.95. The molecular weight excluding hydrogens is 378 g/mol. The van der Waals surface area contributed by atoms with Gasteiger partial charge in [0.15, 0.2) is 5.76 Å². The Balaban J connectivity index is 1.46. The number of H-pyrrole nitrogens is 1. The molecule has 0 saturated carbocycles. The smallest absolute Gasteiger partial charge is 0.232 e. The van der Waals surface area contributed by atoms with Gasteiger partial charge in [-0.15, -0.1) is 0 Å². The fourth-order valence-corrected chi connectivity index (χ4v) is 4.45. The molecular formula is C24H25N3O3. The topological polar surface area (TPSA) is 76.2 Å². The molecule has 0 amide bonds. The summed E-state index contributed by atoms with van der Waals surface area (Å²) in [6.45, 7) is 2.16. The molecule has 2 aliphatic heterocycles. The third-order valence-corrected chi connectivity index (χ3v) is 6.15. The summed E-state index contributed by atoms with van der Waals surface area (Å²) in [5.41, 5.74) is 3.21. The summed E-state index contributed by atoms with van der Waals surface area (Å²) in [5.74, 6) is 2.30. The van der Waals surface area contributed by atoms with Crippen LogP contribution in [0.3, 0.4) is 0 Å². The normalized spacial score (nSPS) is 18.0. The predicted octanol–water partition coefficient (Wildman–Crippen LogP) is 4.12. The molecule has 2 aromatic carbocycles. The van der Waals surface area contributed by atoms with E-state index in [4.69, 9.17) is 9.47 Å². The number of para-hydroxylation sites is 1. The zero-order chi connectivity index (χ0) is 20.5. The molecule has 154 valence electrons. The summed E-state index contributed by atoms with van der Waals surface area (Å²) >= 11 is 0. The maximum Gasteiger partial charge on any atom is 0.232 e. The molecule has 30 heavy (non-hydrogen) atoms. The summed E-state index contributed by atoms with van der Waals surface area (Å²) < 4.78 is 11.7. The summed E-state index contributed by atoms with van der Waals surface area (Å²) in [6.07, 6.45) is 6.01. The number of piperidine rings is 1. The summed E-state index contributed by atoms with van der Waals surface area (Å²) in [6, 6.07) is 11.5. The van der Waals surface area contributed by atoms with Gasteiger partial charge in [-0.2, -0.15) is 5.10 Å². The largest absolute Gasteiger partial charge is 0.496 e. The van der Waals surface area contributed by atoms with Gasteiger partial charge in [-0.1, -0.05) is 18.2 Å². The number of Topliss-reactive ketones (excluding diaryl/α,β-unsaturated/α-hetero) is 1. The van der Waals surface area contributed by atoms with Gasteiger partial charge >= 0.3 is 0 Å². The Morgan fingerprint density at radius 1 is 1.20 bits per heavy atom. The summed E-state index contributed by atoms with van der Waals surface area (Å²) in [4.78, 5) is 13.0. The number of ketones is 1. The quantitative estimate of drug-likeness (QED) is 0.627. The number of benzene rings is 2. The highest BCUT2D eigenvalue weighted by atomic mass is 16.5. The third-order valence-electron chi connectivity index (χ3n) is 6.15. The van der Waals surface area contributed by atoms with Gasteiger partial charge in [0.05, 0.1) is 23.9 Å². The van der Waals surface area contributed by atoms with Crippen LogP contribution in [0.25, 0.3) is 17.0 Å². The Morgan fingerprint density at radius 2 is 2.03 bits per heavy atom. The predicted molar refractivity (Wildman–Crippen MR) is 116 cm³/mol. The van der Waals surface area contributed by atoms with Crippen LogP contribution in [0, 0.1) is 5.92 Å². The number of carbonyl (C=O) groups is 1. The average molecular weight is 403 g/mol. The lowest BCUT2D eigenvalue weighted by Crippen LogP contribution is -2.27. The number of ether oxygens (including phenoxy) is 2. The van der Waals surface area contributed by atoms with E-state index in [1.165, 1.54) is 12.8 Å². The Hall–Kier alpha value is -3.12. The first-order chi connectivity index (χ1) is 14.7. The van der Waals surface area contributed by atoms with Crippen LogP contribution in [-0.4, -0.2) is 36.2 Å². The van der Waals surface area contributed by atoms with E-state index in [-0.39, 0.29) is 5.78 Å². The van der Waals surface area contributed by atoms with Crippen LogP contribution >= 0.6 is 0 Å². The zero-order valence-corrected chi connectivity index (χ0v) is 17.0. The highest BCUT2D eigenvalue weighted by molar-refractivity contribution is 6.15. The standard InChI is InChI=1S/C24H25N3O3/c1-29-21-9-8-18-23(28)22(14-20-16-4-2-3-5-19(16)26-27-20)30-24(18)17(21)7-6-15-10-12-25-13-11-15/h2-5,8-9,14-15,25H,6-7,10-13H2,1H3,(H,26,27)/b22-14-. The van der Waals surface area contributed by atoms with Crippen molar-refractivity contribution in [3.05, 3.63) is 59.0 Å². The van der Waals surface area contributed by atoms with Gasteiger partial charge in [-0.25, -0.2) is 0 Å². The van der Waals surface area contributed by atoms with Crippen molar-refractivity contribution in [3.8, 4) is 11.5 Å². The molecule has 0 atom stereocenters. The molecule has 6 heteroatoms. The van der Waals surface area contributed by atoms with Crippen LogP contribution in [0.1, 0.15) is 40.9 Å². The fraction of sp³-hybridized carbons (Fsp3) is 0.333. The first kappa shape index (κ1) is 18.9. The number of aromatic nitrogens is 2. The van der Waals surface area contributed by atoms with E-state index in [0.29, 0.717) is 28.7 Å². The molecule has 0 unspecified atom stereocenters. The van der Waals surface area contributed by atoms with Gasteiger partial charge in [0.25, 0.3) is 0 Å². The van der Waals surface area contributed by atoms with Gasteiger partial charge in [0.2, 0.25) is 5.78 Å². The van der Waals surface area contributed by atoms with E-state index in [0.717, 1.165) is 48.1 Å². The maximum absolute atomic E-state index is 13.0. The number of hydrogen-bond donors (Lipinski definition) is 2. The number of nitrogens with one attached hydrogen (secondary N) is 2. The summed E-state index contributed by atoms with van der Waals surface area (Å²) in [5, 5.41) is 11.7. The van der Waals surface area contributed by atoms with E-state index in [9.17, 15) is 4.79 Å². The Kier molecular flexibility index (Phi) is 5.01. The molecule has 1 saturated heterocycles. The molecule has 1 aromatic heterocycles. The molecule has 0 bridgehead atoms. The first-order valence-electron chi connectivity index (χ1n) is 10.5. The number of methoxy groups -OCH3 is 1. The van der Waals surface area contributed by atoms with Crippen LogP contribution in [-0.2, 0) is 6.42 Å². The van der Waals surface area contributed by atoms with Crippen molar-refractivity contribution in [2.75, 3.05) is 20.2 Å². The van der Waals surface area contributed by atoms with E-state index in [1.54, 1.807) is 19.3 Å². The molecule has 0 radical (unpaired) electrons. The van der Waals surface area contributed by atoms with Gasteiger partial charge in [-0.3, -0.25) is 9.89 Å². The lowest BCUT2D eigenvalue weighted by molar-refractivity contribution is 0.101. The van der Waals surface area contributed by atoms with Crippen molar-refractivity contribution in [2.45, 2.75) is 25.7 Å². The number of rotatable bonds is 5. The molecule has 3 aromatic rings. The molecule has 1 fully saturated rings. The van der Waals surface area contributed by atoms with Gasteiger partial charge < -0.3 is 14.8 Å². The molecule has 3 heterocycles. The highest BCUT2D eigenvalue weighted by Gasteiger charge is 2.32. The lowest BCUT2D eigenvalue weighted by atomic mass is 9.90. The molecule has 5 rings (SSSR count). The molecule has 6 nitrogen and oxygen atoms in total. The minimum Gasteiger partial charge on any atom is -0.496 e. The van der Waals surface area contributed by atoms with Crippen molar-refractivity contribution in [2.24, 2.45) is 5.92 Å². The van der Waals surface area contributed by atoms with Gasteiger partial charge in [0, 0.05) is 17.0 Å². The number of fused-ring (bicyclic) bond motifs is 2.